The fourth-order valence-electron chi connectivity index (χ4n) is 2.22. The molecule has 140 valence electrons. The van der Waals surface area contributed by atoms with Gasteiger partial charge in [-0.2, -0.15) is 0 Å². The van der Waals surface area contributed by atoms with Crippen LogP contribution in [0.3, 0.4) is 0 Å². The highest BCUT2D eigenvalue weighted by Crippen LogP contribution is 2.22. The van der Waals surface area contributed by atoms with E-state index >= 15 is 0 Å². The summed E-state index contributed by atoms with van der Waals surface area (Å²) in [4.78, 5) is 21.9. The molecular weight excluding hydrogens is 370 g/mol. The summed E-state index contributed by atoms with van der Waals surface area (Å²) in [6.07, 6.45) is 0.306. The first-order valence-electron chi connectivity index (χ1n) is 8.32. The maximum Gasteiger partial charge on any atom is 0.226 e. The second-order valence-corrected chi connectivity index (χ2v) is 7.58. The molecule has 0 unspecified atom stereocenters. The third kappa shape index (κ3) is 6.00. The van der Waals surface area contributed by atoms with Crippen molar-refractivity contribution in [1.82, 2.24) is 15.6 Å². The zero-order valence-corrected chi connectivity index (χ0v) is 17.0. The third-order valence-corrected chi connectivity index (χ3v) is 5.13. The van der Waals surface area contributed by atoms with Gasteiger partial charge in [-0.15, -0.1) is 11.3 Å². The third-order valence-electron chi connectivity index (χ3n) is 3.75. The van der Waals surface area contributed by atoms with E-state index in [1.165, 1.54) is 4.88 Å². The Morgan fingerprint density at radius 2 is 2.04 bits per heavy atom. The zero-order valence-electron chi connectivity index (χ0n) is 15.4. The fourth-order valence-corrected chi connectivity index (χ4v) is 3.38. The largest absolute Gasteiger partial charge is 0.356 e. The van der Waals surface area contributed by atoms with Gasteiger partial charge in [-0.3, -0.25) is 9.79 Å². The van der Waals surface area contributed by atoms with Gasteiger partial charge in [0, 0.05) is 24.9 Å². The van der Waals surface area contributed by atoms with Crippen molar-refractivity contribution in [1.29, 1.82) is 0 Å². The lowest BCUT2D eigenvalue weighted by Gasteiger charge is -2.11. The van der Waals surface area contributed by atoms with Crippen LogP contribution in [0.1, 0.15) is 27.6 Å². The summed E-state index contributed by atoms with van der Waals surface area (Å²) in [6.45, 7) is 7.08. The van der Waals surface area contributed by atoms with Gasteiger partial charge in [0.1, 0.15) is 5.01 Å². The monoisotopic (exact) mass is 393 g/mol. The van der Waals surface area contributed by atoms with Crippen LogP contribution in [0, 0.1) is 20.8 Å². The lowest BCUT2D eigenvalue weighted by molar-refractivity contribution is -0.116. The molecule has 0 fully saturated rings. The minimum Gasteiger partial charge on any atom is -0.356 e. The van der Waals surface area contributed by atoms with Crippen molar-refractivity contribution in [2.45, 2.75) is 33.7 Å². The summed E-state index contributed by atoms with van der Waals surface area (Å²) in [5, 5.41) is 10.7. The molecule has 1 amide bonds. The molecule has 0 radical (unpaired) electrons. The number of thiazole rings is 1. The molecule has 6 nitrogen and oxygen atoms in total. The highest BCUT2D eigenvalue weighted by atomic mass is 35.5. The van der Waals surface area contributed by atoms with E-state index < -0.39 is 0 Å². The Balaban J connectivity index is 1.75. The van der Waals surface area contributed by atoms with Crippen LogP contribution in [0.4, 0.5) is 5.69 Å². The molecule has 2 rings (SSSR count). The maximum atomic E-state index is 12.1. The average Bonchev–Trinajstić information content (AvgIpc) is 2.91. The molecule has 0 atom stereocenters. The topological polar surface area (TPSA) is 78.4 Å². The van der Waals surface area contributed by atoms with Crippen LogP contribution in [0.25, 0.3) is 0 Å². The van der Waals surface area contributed by atoms with Crippen LogP contribution in [0.5, 0.6) is 0 Å². The Bertz CT molecular complexity index is 783. The van der Waals surface area contributed by atoms with Gasteiger partial charge in [-0.05, 0) is 38.5 Å². The number of halogens is 1. The molecule has 0 spiro atoms. The van der Waals surface area contributed by atoms with Crippen LogP contribution in [0.15, 0.2) is 23.2 Å². The van der Waals surface area contributed by atoms with Crippen molar-refractivity contribution < 1.29 is 4.79 Å². The summed E-state index contributed by atoms with van der Waals surface area (Å²) in [5.41, 5.74) is 2.73. The molecule has 1 aromatic heterocycles. The summed E-state index contributed by atoms with van der Waals surface area (Å²) in [7, 11) is 1.69. The Hall–Kier alpha value is -2.12. The molecule has 0 bridgehead atoms. The number of aromatic nitrogens is 1. The van der Waals surface area contributed by atoms with Crippen LogP contribution in [-0.2, 0) is 11.3 Å². The number of amides is 1. The highest BCUT2D eigenvalue weighted by Gasteiger charge is 2.08. The zero-order chi connectivity index (χ0) is 19.1. The average molecular weight is 394 g/mol. The number of aliphatic imine (C=N–C) groups is 1. The Morgan fingerprint density at radius 1 is 1.27 bits per heavy atom. The van der Waals surface area contributed by atoms with Crippen molar-refractivity contribution in [2.24, 2.45) is 4.99 Å². The second kappa shape index (κ2) is 9.54. The first-order chi connectivity index (χ1) is 12.4. The summed E-state index contributed by atoms with van der Waals surface area (Å²) in [5.74, 6) is 0.529. The molecular formula is C18H24ClN5OS. The molecule has 0 aliphatic heterocycles. The molecule has 2 aromatic rings. The molecule has 0 aliphatic rings. The number of hydrogen-bond acceptors (Lipinski definition) is 4. The maximum absolute atomic E-state index is 12.1. The lowest BCUT2D eigenvalue weighted by atomic mass is 10.2. The molecule has 26 heavy (non-hydrogen) atoms. The Kier molecular flexibility index (Phi) is 7.41. The van der Waals surface area contributed by atoms with Gasteiger partial charge in [0.15, 0.2) is 5.96 Å². The first kappa shape index (κ1) is 20.2. The Labute approximate surface area is 163 Å². The van der Waals surface area contributed by atoms with Gasteiger partial charge < -0.3 is 16.0 Å². The van der Waals surface area contributed by atoms with Crippen molar-refractivity contribution in [3.8, 4) is 0 Å². The van der Waals surface area contributed by atoms with Crippen LogP contribution in [-0.4, -0.2) is 30.4 Å². The first-order valence-corrected chi connectivity index (χ1v) is 9.52. The van der Waals surface area contributed by atoms with Gasteiger partial charge in [-0.1, -0.05) is 17.7 Å². The molecule has 0 aliphatic carbocycles. The van der Waals surface area contributed by atoms with Crippen molar-refractivity contribution in [3.63, 3.8) is 0 Å². The molecule has 0 saturated carbocycles. The molecule has 0 saturated heterocycles. The van der Waals surface area contributed by atoms with E-state index in [0.717, 1.165) is 16.3 Å². The van der Waals surface area contributed by atoms with Gasteiger partial charge in [0.2, 0.25) is 5.91 Å². The van der Waals surface area contributed by atoms with E-state index in [1.54, 1.807) is 18.4 Å². The number of hydrogen-bond donors (Lipinski definition) is 3. The normalized spacial score (nSPS) is 11.3. The van der Waals surface area contributed by atoms with E-state index in [2.05, 4.69) is 32.9 Å². The van der Waals surface area contributed by atoms with E-state index in [-0.39, 0.29) is 5.91 Å². The smallest absolute Gasteiger partial charge is 0.226 e. The summed E-state index contributed by atoms with van der Waals surface area (Å²) >= 11 is 7.79. The number of nitrogens with one attached hydrogen (secondary N) is 3. The summed E-state index contributed by atoms with van der Waals surface area (Å²) in [6, 6.07) is 5.54. The second-order valence-electron chi connectivity index (χ2n) is 5.88. The van der Waals surface area contributed by atoms with Gasteiger partial charge in [-0.25, -0.2) is 4.98 Å². The van der Waals surface area contributed by atoms with Crippen molar-refractivity contribution in [3.05, 3.63) is 44.4 Å². The van der Waals surface area contributed by atoms with E-state index in [9.17, 15) is 4.79 Å². The molecule has 8 heteroatoms. The van der Waals surface area contributed by atoms with E-state index in [1.807, 2.05) is 32.0 Å². The number of anilines is 1. The SMILES string of the molecule is CN=C(NCCC(=O)Nc1ccc(C)cc1Cl)NCc1nc(C)c(C)s1. The van der Waals surface area contributed by atoms with Crippen molar-refractivity contribution in [2.75, 3.05) is 18.9 Å². The van der Waals surface area contributed by atoms with Gasteiger partial charge >= 0.3 is 0 Å². The molecule has 1 aromatic carbocycles. The molecule has 3 N–H and O–H groups in total. The van der Waals surface area contributed by atoms with Crippen LogP contribution in [0.2, 0.25) is 5.02 Å². The highest BCUT2D eigenvalue weighted by molar-refractivity contribution is 7.11. The summed E-state index contributed by atoms with van der Waals surface area (Å²) < 4.78 is 0. The number of rotatable bonds is 6. The predicted octanol–water partition coefficient (Wildman–Crippen LogP) is 3.42. The number of aryl methyl sites for hydroxylation is 3. The number of carbonyl (C=O) groups is 1. The van der Waals surface area contributed by atoms with Crippen molar-refractivity contribution >= 4 is 40.5 Å². The number of nitrogens with zero attached hydrogens (tertiary/aromatic N) is 2. The predicted molar refractivity (Wildman–Crippen MR) is 109 cm³/mol. The number of guanidine groups is 1. The Morgan fingerprint density at radius 3 is 2.65 bits per heavy atom. The lowest BCUT2D eigenvalue weighted by Crippen LogP contribution is -2.38. The van der Waals surface area contributed by atoms with Crippen LogP contribution >= 0.6 is 22.9 Å². The van der Waals surface area contributed by atoms with Crippen LogP contribution < -0.4 is 16.0 Å². The minimum absolute atomic E-state index is 0.107. The number of carbonyl (C=O) groups excluding carboxylic acids is 1. The number of benzene rings is 1. The van der Waals surface area contributed by atoms with E-state index in [4.69, 9.17) is 11.6 Å². The minimum atomic E-state index is -0.107. The molecule has 1 heterocycles. The fraction of sp³-hybridized carbons (Fsp3) is 0.389. The van der Waals surface area contributed by atoms with E-state index in [0.29, 0.717) is 36.2 Å². The standard InChI is InChI=1S/C18H24ClN5OS/c1-11-5-6-15(14(19)9-11)24-16(25)7-8-21-18(20-4)22-10-17-23-12(2)13(3)26-17/h5-6,9H,7-8,10H2,1-4H3,(H,24,25)(H2,20,21,22). The quantitative estimate of drug-likeness (QED) is 0.519. The van der Waals surface area contributed by atoms with Gasteiger partial charge in [0.05, 0.1) is 22.9 Å². The van der Waals surface area contributed by atoms with Gasteiger partial charge in [0.25, 0.3) is 0 Å².